The van der Waals surface area contributed by atoms with Crippen LogP contribution in [0.4, 0.5) is 4.39 Å². The molecular formula is C11H7BrFNO. The average molecular weight is 268 g/mol. The average Bonchev–Trinajstić information content (AvgIpc) is 2.23. The Bertz CT molecular complexity index is 533. The van der Waals surface area contributed by atoms with E-state index >= 15 is 0 Å². The van der Waals surface area contributed by atoms with E-state index in [-0.39, 0.29) is 11.4 Å². The molecule has 2 rings (SSSR count). The first kappa shape index (κ1) is 10.1. The lowest BCUT2D eigenvalue weighted by Crippen LogP contribution is -2.15. The second-order valence-electron chi connectivity index (χ2n) is 3.03. The zero-order chi connectivity index (χ0) is 10.8. The Hall–Kier alpha value is -1.42. The second-order valence-corrected chi connectivity index (χ2v) is 3.95. The molecule has 0 aliphatic carbocycles. The Balaban J connectivity index is 2.58. The molecule has 15 heavy (non-hydrogen) atoms. The molecule has 2 aromatic rings. The number of aromatic nitrogens is 1. The van der Waals surface area contributed by atoms with Crippen LogP contribution in [-0.2, 0) is 0 Å². The molecule has 0 aliphatic heterocycles. The van der Waals surface area contributed by atoms with Crippen LogP contribution in [0, 0.1) is 5.82 Å². The SMILES string of the molecule is O=c1ccc(Br)cn1-c1ccc(F)cc1. The first-order valence-corrected chi connectivity index (χ1v) is 5.10. The van der Waals surface area contributed by atoms with Crippen molar-refractivity contribution in [1.29, 1.82) is 0 Å². The fraction of sp³-hybridized carbons (Fsp3) is 0. The fourth-order valence-corrected chi connectivity index (χ4v) is 1.60. The van der Waals surface area contributed by atoms with Crippen molar-refractivity contribution in [3.8, 4) is 5.69 Å². The van der Waals surface area contributed by atoms with E-state index in [2.05, 4.69) is 15.9 Å². The topological polar surface area (TPSA) is 22.0 Å². The second kappa shape index (κ2) is 3.98. The van der Waals surface area contributed by atoms with Gasteiger partial charge in [-0.05, 0) is 46.3 Å². The molecule has 0 unspecified atom stereocenters. The number of rotatable bonds is 1. The molecule has 0 saturated carbocycles. The fourth-order valence-electron chi connectivity index (χ4n) is 1.26. The van der Waals surface area contributed by atoms with E-state index < -0.39 is 0 Å². The summed E-state index contributed by atoms with van der Waals surface area (Å²) in [6, 6.07) is 8.88. The summed E-state index contributed by atoms with van der Waals surface area (Å²) in [7, 11) is 0. The summed E-state index contributed by atoms with van der Waals surface area (Å²) in [5.74, 6) is -0.318. The van der Waals surface area contributed by atoms with Crippen molar-refractivity contribution in [1.82, 2.24) is 4.57 Å². The van der Waals surface area contributed by atoms with Crippen molar-refractivity contribution in [3.05, 3.63) is 63.2 Å². The number of hydrogen-bond donors (Lipinski definition) is 0. The van der Waals surface area contributed by atoms with Crippen molar-refractivity contribution < 1.29 is 4.39 Å². The molecule has 2 nitrogen and oxygen atoms in total. The molecule has 0 aliphatic rings. The molecule has 0 spiro atoms. The molecule has 4 heteroatoms. The first-order chi connectivity index (χ1) is 7.16. The minimum Gasteiger partial charge on any atom is -0.283 e. The highest BCUT2D eigenvalue weighted by molar-refractivity contribution is 9.10. The van der Waals surface area contributed by atoms with Gasteiger partial charge in [-0.15, -0.1) is 0 Å². The molecule has 0 bridgehead atoms. The highest BCUT2D eigenvalue weighted by Gasteiger charge is 1.99. The lowest BCUT2D eigenvalue weighted by Gasteiger charge is -2.05. The summed E-state index contributed by atoms with van der Waals surface area (Å²) >= 11 is 3.27. The van der Waals surface area contributed by atoms with Gasteiger partial charge in [-0.3, -0.25) is 9.36 Å². The summed E-state index contributed by atoms with van der Waals surface area (Å²) in [5.41, 5.74) is 0.493. The lowest BCUT2D eigenvalue weighted by atomic mass is 10.3. The van der Waals surface area contributed by atoms with E-state index in [4.69, 9.17) is 0 Å². The highest BCUT2D eigenvalue weighted by Crippen LogP contribution is 2.10. The van der Waals surface area contributed by atoms with Gasteiger partial charge in [0.2, 0.25) is 0 Å². The lowest BCUT2D eigenvalue weighted by molar-refractivity contribution is 0.627. The van der Waals surface area contributed by atoms with E-state index in [9.17, 15) is 9.18 Å². The molecule has 1 aromatic heterocycles. The quantitative estimate of drug-likeness (QED) is 0.779. The van der Waals surface area contributed by atoms with Gasteiger partial charge >= 0.3 is 0 Å². The highest BCUT2D eigenvalue weighted by atomic mass is 79.9. The van der Waals surface area contributed by atoms with Crippen LogP contribution in [0.2, 0.25) is 0 Å². The molecule has 0 amide bonds. The van der Waals surface area contributed by atoms with Crippen LogP contribution in [-0.4, -0.2) is 4.57 Å². The Morgan fingerprint density at radius 3 is 2.40 bits per heavy atom. The number of hydrogen-bond acceptors (Lipinski definition) is 1. The van der Waals surface area contributed by atoms with Gasteiger partial charge in [0, 0.05) is 22.4 Å². The summed E-state index contributed by atoms with van der Waals surface area (Å²) in [6.45, 7) is 0. The Morgan fingerprint density at radius 2 is 1.73 bits per heavy atom. The standard InChI is InChI=1S/C11H7BrFNO/c12-8-1-6-11(15)14(7-8)10-4-2-9(13)3-5-10/h1-7H. The van der Waals surface area contributed by atoms with Crippen molar-refractivity contribution in [2.75, 3.05) is 0 Å². The molecule has 0 radical (unpaired) electrons. The van der Waals surface area contributed by atoms with Crippen LogP contribution in [0.1, 0.15) is 0 Å². The van der Waals surface area contributed by atoms with Gasteiger partial charge in [-0.2, -0.15) is 0 Å². The predicted molar refractivity (Wildman–Crippen MR) is 59.7 cm³/mol. The summed E-state index contributed by atoms with van der Waals surface area (Å²) < 4.78 is 14.9. The smallest absolute Gasteiger partial charge is 0.255 e. The monoisotopic (exact) mass is 267 g/mol. The maximum absolute atomic E-state index is 12.7. The normalized spacial score (nSPS) is 10.3. The summed E-state index contributed by atoms with van der Waals surface area (Å²) in [4.78, 5) is 11.5. The van der Waals surface area contributed by atoms with Crippen LogP contribution in [0.25, 0.3) is 5.69 Å². The van der Waals surface area contributed by atoms with Crippen molar-refractivity contribution in [2.24, 2.45) is 0 Å². The van der Waals surface area contributed by atoms with E-state index in [1.165, 1.54) is 22.8 Å². The van der Waals surface area contributed by atoms with Crippen LogP contribution < -0.4 is 5.56 Å². The summed E-state index contributed by atoms with van der Waals surface area (Å²) in [5, 5.41) is 0. The van der Waals surface area contributed by atoms with Gasteiger partial charge < -0.3 is 0 Å². The van der Waals surface area contributed by atoms with Crippen LogP contribution in [0.3, 0.4) is 0 Å². The van der Waals surface area contributed by atoms with Gasteiger partial charge in [0.1, 0.15) is 5.82 Å². The van der Waals surface area contributed by atoms with Crippen LogP contribution in [0.15, 0.2) is 51.9 Å². The molecule has 0 N–H and O–H groups in total. The molecule has 0 fully saturated rings. The van der Waals surface area contributed by atoms with Gasteiger partial charge in [0.25, 0.3) is 5.56 Å². The van der Waals surface area contributed by atoms with Crippen LogP contribution in [0.5, 0.6) is 0 Å². The third-order valence-electron chi connectivity index (χ3n) is 1.98. The molecule has 0 atom stereocenters. The summed E-state index contributed by atoms with van der Waals surface area (Å²) in [6.07, 6.45) is 1.65. The van der Waals surface area contributed by atoms with Crippen molar-refractivity contribution >= 4 is 15.9 Å². The van der Waals surface area contributed by atoms with E-state index in [1.807, 2.05) is 0 Å². The maximum atomic E-state index is 12.7. The number of halogens is 2. The zero-order valence-electron chi connectivity index (χ0n) is 7.65. The van der Waals surface area contributed by atoms with E-state index in [0.29, 0.717) is 5.69 Å². The first-order valence-electron chi connectivity index (χ1n) is 4.31. The molecule has 1 heterocycles. The third kappa shape index (κ3) is 2.15. The molecule has 0 saturated heterocycles. The molecule has 76 valence electrons. The van der Waals surface area contributed by atoms with Gasteiger partial charge in [-0.1, -0.05) is 0 Å². The molecular weight excluding hydrogens is 261 g/mol. The largest absolute Gasteiger partial charge is 0.283 e. The van der Waals surface area contributed by atoms with Crippen molar-refractivity contribution in [2.45, 2.75) is 0 Å². The van der Waals surface area contributed by atoms with E-state index in [0.717, 1.165) is 4.47 Å². The minimum absolute atomic E-state index is 0.148. The molecule has 1 aromatic carbocycles. The zero-order valence-corrected chi connectivity index (χ0v) is 9.24. The van der Waals surface area contributed by atoms with E-state index in [1.54, 1.807) is 24.4 Å². The number of nitrogens with zero attached hydrogens (tertiary/aromatic N) is 1. The van der Waals surface area contributed by atoms with Crippen LogP contribution >= 0.6 is 15.9 Å². The number of pyridine rings is 1. The number of benzene rings is 1. The third-order valence-corrected chi connectivity index (χ3v) is 2.45. The predicted octanol–water partition coefficient (Wildman–Crippen LogP) is 2.74. The van der Waals surface area contributed by atoms with Gasteiger partial charge in [0.15, 0.2) is 0 Å². The Morgan fingerprint density at radius 1 is 1.07 bits per heavy atom. The Kier molecular flexibility index (Phi) is 2.68. The maximum Gasteiger partial charge on any atom is 0.255 e. The minimum atomic E-state index is -0.318. The van der Waals surface area contributed by atoms with Gasteiger partial charge in [0.05, 0.1) is 0 Å². The van der Waals surface area contributed by atoms with Crippen molar-refractivity contribution in [3.63, 3.8) is 0 Å². The Labute approximate surface area is 94.1 Å². The van der Waals surface area contributed by atoms with Gasteiger partial charge in [-0.25, -0.2) is 4.39 Å².